The van der Waals surface area contributed by atoms with Crippen LogP contribution in [0.2, 0.25) is 0 Å². The van der Waals surface area contributed by atoms with E-state index in [-0.39, 0.29) is 0 Å². The van der Waals surface area contributed by atoms with E-state index in [1.165, 1.54) is 38.6 Å². The van der Waals surface area contributed by atoms with Crippen molar-refractivity contribution < 1.29 is 0 Å². The van der Waals surface area contributed by atoms with Crippen LogP contribution in [-0.2, 0) is 0 Å². The van der Waals surface area contributed by atoms with Crippen LogP contribution in [-0.4, -0.2) is 19.1 Å². The van der Waals surface area contributed by atoms with Crippen LogP contribution < -0.4 is 0 Å². The van der Waals surface area contributed by atoms with E-state index in [4.69, 9.17) is 9.97 Å². The summed E-state index contributed by atoms with van der Waals surface area (Å²) in [5.74, 6) is 1.87. The summed E-state index contributed by atoms with van der Waals surface area (Å²) in [6, 6.07) is 66.5. The van der Waals surface area contributed by atoms with Crippen molar-refractivity contribution in [3.05, 3.63) is 194 Å². The topological polar surface area (TPSA) is 35.6 Å². The van der Waals surface area contributed by atoms with Gasteiger partial charge in [-0.2, -0.15) is 0 Å². The molecule has 0 aliphatic carbocycles. The molecule has 8 aromatic carbocycles. The zero-order valence-corrected chi connectivity index (χ0v) is 29.2. The van der Waals surface area contributed by atoms with Crippen molar-refractivity contribution in [2.75, 3.05) is 0 Å². The van der Waals surface area contributed by atoms with Crippen LogP contribution in [0.4, 0.5) is 0 Å². The molecule has 4 heteroatoms. The predicted octanol–water partition coefficient (Wildman–Crippen LogP) is 12.5. The van der Waals surface area contributed by atoms with Gasteiger partial charge >= 0.3 is 0 Å². The second-order valence-electron chi connectivity index (χ2n) is 13.5. The van der Waals surface area contributed by atoms with Gasteiger partial charge in [0.25, 0.3) is 0 Å². The molecule has 10 aromatic rings. The molecule has 0 saturated heterocycles. The lowest BCUT2D eigenvalue weighted by Crippen LogP contribution is -1.97. The van der Waals surface area contributed by atoms with E-state index in [1.807, 2.05) is 18.2 Å². The predicted molar refractivity (Wildman–Crippen MR) is 220 cm³/mol. The molecular weight excluding hydrogens is 645 g/mol. The number of aromatic nitrogens is 4. The maximum atomic E-state index is 5.09. The second-order valence-corrected chi connectivity index (χ2v) is 13.5. The van der Waals surface area contributed by atoms with Crippen LogP contribution >= 0.6 is 0 Å². The van der Waals surface area contributed by atoms with Crippen LogP contribution in [0.3, 0.4) is 0 Å². The maximum Gasteiger partial charge on any atom is 0.145 e. The number of benzene rings is 8. The summed E-state index contributed by atoms with van der Waals surface area (Å²) >= 11 is 0. The lowest BCUT2D eigenvalue weighted by molar-refractivity contribution is 1.10. The van der Waals surface area contributed by atoms with Gasteiger partial charge in [0.05, 0.1) is 22.1 Å². The first-order valence-electron chi connectivity index (χ1n) is 18.0. The Hall–Kier alpha value is -7.04. The zero-order chi connectivity index (χ0) is 35.3. The van der Waals surface area contributed by atoms with E-state index in [1.54, 1.807) is 0 Å². The number of hydrogen-bond acceptors (Lipinski definition) is 2. The van der Waals surface area contributed by atoms with Gasteiger partial charge in [0, 0.05) is 22.5 Å². The molecule has 0 radical (unpaired) electrons. The lowest BCUT2D eigenvalue weighted by Gasteiger charge is -2.16. The van der Waals surface area contributed by atoms with Crippen molar-refractivity contribution in [1.82, 2.24) is 19.1 Å². The van der Waals surface area contributed by atoms with Crippen molar-refractivity contribution in [2.45, 2.75) is 6.92 Å². The van der Waals surface area contributed by atoms with E-state index in [9.17, 15) is 0 Å². The molecule has 0 spiro atoms. The van der Waals surface area contributed by atoms with Gasteiger partial charge in [0.2, 0.25) is 0 Å². The number of aryl methyl sites for hydroxylation is 1. The number of fused-ring (bicyclic) bond motifs is 3. The van der Waals surface area contributed by atoms with E-state index >= 15 is 0 Å². The molecule has 0 aliphatic heterocycles. The Kier molecular flexibility index (Phi) is 7.33. The normalized spacial score (nSPS) is 11.5. The van der Waals surface area contributed by atoms with Crippen LogP contribution in [0, 0.1) is 6.92 Å². The maximum absolute atomic E-state index is 5.09. The zero-order valence-electron chi connectivity index (χ0n) is 29.2. The summed E-state index contributed by atoms with van der Waals surface area (Å²) in [6.45, 7) is 2.23. The largest absolute Gasteiger partial charge is 0.292 e. The fourth-order valence-corrected chi connectivity index (χ4v) is 7.84. The van der Waals surface area contributed by atoms with Gasteiger partial charge in [-0.3, -0.25) is 9.13 Å². The van der Waals surface area contributed by atoms with Crippen LogP contribution in [0.5, 0.6) is 0 Å². The summed E-state index contributed by atoms with van der Waals surface area (Å²) < 4.78 is 4.50. The van der Waals surface area contributed by atoms with Crippen LogP contribution in [0.1, 0.15) is 5.56 Å². The summed E-state index contributed by atoms with van der Waals surface area (Å²) in [5, 5.41) is 2.47. The van der Waals surface area contributed by atoms with Gasteiger partial charge in [-0.1, -0.05) is 140 Å². The van der Waals surface area contributed by atoms with E-state index in [2.05, 4.69) is 186 Å². The quantitative estimate of drug-likeness (QED) is 0.175. The van der Waals surface area contributed by atoms with Crippen molar-refractivity contribution in [3.8, 4) is 56.4 Å². The second kappa shape index (κ2) is 12.6. The lowest BCUT2D eigenvalue weighted by atomic mass is 9.88. The molecule has 0 N–H and O–H groups in total. The number of nitrogens with zero attached hydrogens (tertiary/aromatic N) is 4. The summed E-state index contributed by atoms with van der Waals surface area (Å²) in [6.07, 6.45) is 0. The summed E-state index contributed by atoms with van der Waals surface area (Å²) in [5.41, 5.74) is 14.6. The van der Waals surface area contributed by atoms with Gasteiger partial charge in [-0.25, -0.2) is 9.97 Å². The minimum absolute atomic E-state index is 0.933. The summed E-state index contributed by atoms with van der Waals surface area (Å²) in [7, 11) is 0. The van der Waals surface area contributed by atoms with Crippen LogP contribution in [0.15, 0.2) is 188 Å². The van der Waals surface area contributed by atoms with Gasteiger partial charge in [-0.05, 0) is 94.0 Å². The van der Waals surface area contributed by atoms with Crippen molar-refractivity contribution in [2.24, 2.45) is 0 Å². The SMILES string of the molecule is Cc1cc(-c2ccc(-c3nc4ccccc4n3-c3ccccc3)cc2)c2ccccc2c1-c1ccc(-c2nc3ccccc3n2-c2ccccc2)cc1. The van der Waals surface area contributed by atoms with Crippen molar-refractivity contribution in [1.29, 1.82) is 0 Å². The van der Waals surface area contributed by atoms with E-state index in [0.29, 0.717) is 0 Å². The first-order chi connectivity index (χ1) is 26.2. The average Bonchev–Trinajstić information content (AvgIpc) is 3.81. The van der Waals surface area contributed by atoms with E-state index < -0.39 is 0 Å². The van der Waals surface area contributed by atoms with Gasteiger partial charge in [0.1, 0.15) is 11.6 Å². The first kappa shape index (κ1) is 30.8. The molecule has 0 aliphatic rings. The molecular formula is C49H34N4. The highest BCUT2D eigenvalue weighted by Crippen LogP contribution is 2.40. The molecule has 0 atom stereocenters. The molecule has 53 heavy (non-hydrogen) atoms. The Morgan fingerprint density at radius 2 is 0.792 bits per heavy atom. The Morgan fingerprint density at radius 1 is 0.377 bits per heavy atom. The molecule has 0 fully saturated rings. The Bertz CT molecular complexity index is 2920. The molecule has 0 bridgehead atoms. The highest BCUT2D eigenvalue weighted by atomic mass is 15.1. The number of para-hydroxylation sites is 6. The van der Waals surface area contributed by atoms with E-state index in [0.717, 1.165) is 56.2 Å². The third-order valence-corrected chi connectivity index (χ3v) is 10.3. The highest BCUT2D eigenvalue weighted by Gasteiger charge is 2.18. The fourth-order valence-electron chi connectivity index (χ4n) is 7.84. The fraction of sp³-hybridized carbons (Fsp3) is 0.0204. The Morgan fingerprint density at radius 3 is 1.32 bits per heavy atom. The van der Waals surface area contributed by atoms with Crippen molar-refractivity contribution in [3.63, 3.8) is 0 Å². The third-order valence-electron chi connectivity index (χ3n) is 10.3. The van der Waals surface area contributed by atoms with Gasteiger partial charge < -0.3 is 0 Å². The Balaban J connectivity index is 1.04. The smallest absolute Gasteiger partial charge is 0.145 e. The monoisotopic (exact) mass is 678 g/mol. The minimum atomic E-state index is 0.933. The van der Waals surface area contributed by atoms with Gasteiger partial charge in [-0.15, -0.1) is 0 Å². The van der Waals surface area contributed by atoms with Gasteiger partial charge in [0.15, 0.2) is 0 Å². The molecule has 0 unspecified atom stereocenters. The number of rotatable bonds is 6. The molecule has 0 amide bonds. The Labute approximate surface area is 307 Å². The number of imidazole rings is 2. The molecule has 10 rings (SSSR count). The standard InChI is InChI=1S/C49H34N4/c1-33-32-42(34-24-28-36(29-25-34)48-50-43-20-10-12-22-45(43)52(48)38-14-4-2-5-15-38)40-18-8-9-19-41(40)47(33)35-26-30-37(31-27-35)49-51-44-21-11-13-23-46(44)53(49)39-16-6-3-7-17-39/h2-32H,1H3. The molecule has 2 heterocycles. The molecule has 2 aromatic heterocycles. The van der Waals surface area contributed by atoms with Crippen molar-refractivity contribution >= 4 is 32.8 Å². The minimum Gasteiger partial charge on any atom is -0.292 e. The van der Waals surface area contributed by atoms with Crippen LogP contribution in [0.25, 0.3) is 89.2 Å². The molecule has 250 valence electrons. The number of hydrogen-bond donors (Lipinski definition) is 0. The average molecular weight is 679 g/mol. The molecule has 0 saturated carbocycles. The third kappa shape index (κ3) is 5.23. The summed E-state index contributed by atoms with van der Waals surface area (Å²) in [4.78, 5) is 10.2. The highest BCUT2D eigenvalue weighted by molar-refractivity contribution is 6.06. The molecule has 4 nitrogen and oxygen atoms in total. The first-order valence-corrected chi connectivity index (χ1v) is 18.0.